The molecule has 6 heteroatoms. The molecule has 118 valence electrons. The topological polar surface area (TPSA) is 74.7 Å². The van der Waals surface area contributed by atoms with E-state index >= 15 is 0 Å². The molecule has 22 heavy (non-hydrogen) atoms. The summed E-state index contributed by atoms with van der Waals surface area (Å²) in [5.41, 5.74) is 0.528. The van der Waals surface area contributed by atoms with E-state index in [0.717, 1.165) is 0 Å². The van der Waals surface area contributed by atoms with Gasteiger partial charge in [0.1, 0.15) is 6.04 Å². The first-order valence-electron chi connectivity index (χ1n) is 7.20. The van der Waals surface area contributed by atoms with Gasteiger partial charge in [0, 0.05) is 12.1 Å². The van der Waals surface area contributed by atoms with E-state index in [9.17, 15) is 14.4 Å². The van der Waals surface area contributed by atoms with Crippen molar-refractivity contribution in [2.75, 3.05) is 6.54 Å². The van der Waals surface area contributed by atoms with Crippen LogP contribution in [0.1, 0.15) is 30.1 Å². The minimum atomic E-state index is -0.987. The molecule has 0 radical (unpaired) electrons. The number of likely N-dealkylation sites (tertiary alicyclic amines) is 1. The zero-order valence-electron chi connectivity index (χ0n) is 12.2. The van der Waals surface area contributed by atoms with Crippen LogP contribution in [0.3, 0.4) is 0 Å². The van der Waals surface area contributed by atoms with Crippen molar-refractivity contribution in [3.05, 3.63) is 35.9 Å². The molecule has 3 atom stereocenters. The summed E-state index contributed by atoms with van der Waals surface area (Å²) >= 11 is 3.31. The number of hydrogen-bond acceptors (Lipinski definition) is 3. The van der Waals surface area contributed by atoms with Crippen molar-refractivity contribution < 1.29 is 19.5 Å². The largest absolute Gasteiger partial charge is 0.480 e. The third kappa shape index (κ3) is 3.38. The van der Waals surface area contributed by atoms with Crippen LogP contribution in [0.4, 0.5) is 0 Å². The highest BCUT2D eigenvalue weighted by Gasteiger charge is 2.39. The molecule has 1 aliphatic heterocycles. The summed E-state index contributed by atoms with van der Waals surface area (Å²) in [5, 5.41) is 9.17. The van der Waals surface area contributed by atoms with Crippen molar-refractivity contribution in [2.24, 2.45) is 5.92 Å². The monoisotopic (exact) mass is 367 g/mol. The van der Waals surface area contributed by atoms with Crippen LogP contribution in [0.2, 0.25) is 0 Å². The zero-order chi connectivity index (χ0) is 16.3. The molecular formula is C16H18BrNO4. The normalized spacial score (nSPS) is 20.5. The van der Waals surface area contributed by atoms with Gasteiger partial charge in [-0.1, -0.05) is 53.2 Å². The Morgan fingerprint density at radius 1 is 1.27 bits per heavy atom. The molecule has 1 fully saturated rings. The van der Waals surface area contributed by atoms with Crippen LogP contribution in [-0.2, 0) is 9.59 Å². The minimum Gasteiger partial charge on any atom is -0.480 e. The van der Waals surface area contributed by atoms with Gasteiger partial charge in [-0.2, -0.15) is 0 Å². The molecule has 0 unspecified atom stereocenters. The van der Waals surface area contributed by atoms with Gasteiger partial charge in [0.05, 0.1) is 10.7 Å². The van der Waals surface area contributed by atoms with E-state index in [2.05, 4.69) is 15.9 Å². The number of rotatable bonds is 5. The van der Waals surface area contributed by atoms with Gasteiger partial charge in [0.2, 0.25) is 5.91 Å². The van der Waals surface area contributed by atoms with Gasteiger partial charge >= 0.3 is 5.97 Å². The SMILES string of the molecule is C[C@H](C(=O)N1CCC[C@H]1C(=O)O)[C@H](Br)C(=O)c1ccccc1. The molecule has 1 N–H and O–H groups in total. The summed E-state index contributed by atoms with van der Waals surface area (Å²) in [5.74, 6) is -2.07. The maximum absolute atomic E-state index is 12.5. The Kier molecular flexibility index (Phi) is 5.34. The fourth-order valence-corrected chi connectivity index (χ4v) is 3.15. The molecule has 0 bridgehead atoms. The lowest BCUT2D eigenvalue weighted by atomic mass is 9.98. The molecule has 1 heterocycles. The van der Waals surface area contributed by atoms with Crippen molar-refractivity contribution in [3.63, 3.8) is 0 Å². The van der Waals surface area contributed by atoms with Gasteiger partial charge in [-0.25, -0.2) is 4.79 Å². The van der Waals surface area contributed by atoms with E-state index in [4.69, 9.17) is 5.11 Å². The van der Waals surface area contributed by atoms with Crippen LogP contribution in [0.25, 0.3) is 0 Å². The maximum Gasteiger partial charge on any atom is 0.326 e. The number of carboxylic acids is 1. The molecule has 0 aliphatic carbocycles. The van der Waals surface area contributed by atoms with Gasteiger partial charge in [-0.05, 0) is 12.8 Å². The number of ketones is 1. The summed E-state index contributed by atoms with van der Waals surface area (Å²) in [6, 6.07) is 7.96. The predicted octanol–water partition coefficient (Wildman–Crippen LogP) is 2.34. The summed E-state index contributed by atoms with van der Waals surface area (Å²) in [6.45, 7) is 2.08. The second kappa shape index (κ2) is 7.05. The van der Waals surface area contributed by atoms with E-state index in [-0.39, 0.29) is 11.7 Å². The van der Waals surface area contributed by atoms with E-state index < -0.39 is 22.8 Å². The molecule has 2 rings (SSSR count). The number of nitrogens with zero attached hydrogens (tertiary/aromatic N) is 1. The van der Waals surface area contributed by atoms with Crippen molar-refractivity contribution in [2.45, 2.75) is 30.6 Å². The lowest BCUT2D eigenvalue weighted by Crippen LogP contribution is -2.45. The number of halogens is 1. The summed E-state index contributed by atoms with van der Waals surface area (Å²) in [4.78, 5) is 36.8. The lowest BCUT2D eigenvalue weighted by Gasteiger charge is -2.26. The number of benzene rings is 1. The molecule has 0 aromatic heterocycles. The van der Waals surface area contributed by atoms with Crippen molar-refractivity contribution >= 4 is 33.6 Å². The Morgan fingerprint density at radius 3 is 2.50 bits per heavy atom. The fourth-order valence-electron chi connectivity index (χ4n) is 2.66. The van der Waals surface area contributed by atoms with Crippen LogP contribution in [0.15, 0.2) is 30.3 Å². The molecular weight excluding hydrogens is 350 g/mol. The van der Waals surface area contributed by atoms with Crippen LogP contribution in [0, 0.1) is 5.92 Å². The van der Waals surface area contributed by atoms with Crippen molar-refractivity contribution in [1.82, 2.24) is 4.90 Å². The van der Waals surface area contributed by atoms with E-state index in [1.165, 1.54) is 4.90 Å². The lowest BCUT2D eigenvalue weighted by molar-refractivity contribution is -0.149. The van der Waals surface area contributed by atoms with Gasteiger partial charge in [-0.3, -0.25) is 9.59 Å². The molecule has 0 saturated carbocycles. The Labute approximate surface area is 137 Å². The summed E-state index contributed by atoms with van der Waals surface area (Å²) in [6.07, 6.45) is 1.14. The summed E-state index contributed by atoms with van der Waals surface area (Å²) < 4.78 is 0. The molecule has 1 aliphatic rings. The molecule has 1 aromatic carbocycles. The number of alkyl halides is 1. The molecule has 1 aromatic rings. The third-order valence-electron chi connectivity index (χ3n) is 3.96. The van der Waals surface area contributed by atoms with E-state index in [1.807, 2.05) is 6.07 Å². The van der Waals surface area contributed by atoms with Gasteiger partial charge in [0.15, 0.2) is 5.78 Å². The molecule has 5 nitrogen and oxygen atoms in total. The van der Waals surface area contributed by atoms with Crippen LogP contribution >= 0.6 is 15.9 Å². The van der Waals surface area contributed by atoms with E-state index in [1.54, 1.807) is 31.2 Å². The Morgan fingerprint density at radius 2 is 1.91 bits per heavy atom. The highest BCUT2D eigenvalue weighted by atomic mass is 79.9. The van der Waals surface area contributed by atoms with Gasteiger partial charge in [0.25, 0.3) is 0 Å². The average Bonchev–Trinajstić information content (AvgIpc) is 3.02. The second-order valence-corrected chi connectivity index (χ2v) is 6.44. The number of amides is 1. The number of carbonyl (C=O) groups is 3. The van der Waals surface area contributed by atoms with Crippen molar-refractivity contribution in [1.29, 1.82) is 0 Å². The number of carboxylic acid groups (broad SMARTS) is 1. The summed E-state index contributed by atoms with van der Waals surface area (Å²) in [7, 11) is 0. The van der Waals surface area contributed by atoms with Crippen LogP contribution < -0.4 is 0 Å². The molecule has 0 spiro atoms. The number of aliphatic carboxylic acids is 1. The zero-order valence-corrected chi connectivity index (χ0v) is 13.8. The highest BCUT2D eigenvalue weighted by molar-refractivity contribution is 9.10. The molecule has 1 saturated heterocycles. The first kappa shape index (κ1) is 16.7. The average molecular weight is 368 g/mol. The van der Waals surface area contributed by atoms with Gasteiger partial charge in [-0.15, -0.1) is 0 Å². The number of carbonyl (C=O) groups excluding carboxylic acids is 2. The number of Topliss-reactive ketones (excluding diaryl/α,β-unsaturated/α-hetero) is 1. The first-order chi connectivity index (χ1) is 10.4. The van der Waals surface area contributed by atoms with Crippen molar-refractivity contribution in [3.8, 4) is 0 Å². The van der Waals surface area contributed by atoms with Gasteiger partial charge < -0.3 is 10.0 Å². The first-order valence-corrected chi connectivity index (χ1v) is 8.11. The Bertz CT molecular complexity index is 575. The van der Waals surface area contributed by atoms with E-state index in [0.29, 0.717) is 24.9 Å². The maximum atomic E-state index is 12.5. The standard InChI is InChI=1S/C16H18BrNO4/c1-10(13(17)14(19)11-6-3-2-4-7-11)15(20)18-9-5-8-12(18)16(21)22/h2-4,6-7,10,12-13H,5,8-9H2,1H3,(H,21,22)/t10-,12-,13-/m0/s1. The number of hydrogen-bond donors (Lipinski definition) is 1. The third-order valence-corrected chi connectivity index (χ3v) is 5.17. The second-order valence-electron chi connectivity index (χ2n) is 5.45. The van der Waals surface area contributed by atoms with Crippen LogP contribution in [-0.4, -0.2) is 45.1 Å². The fraction of sp³-hybridized carbons (Fsp3) is 0.438. The predicted molar refractivity (Wildman–Crippen MR) is 85.0 cm³/mol. The quantitative estimate of drug-likeness (QED) is 0.640. The Hall–Kier alpha value is -1.69. The molecule has 1 amide bonds. The smallest absolute Gasteiger partial charge is 0.326 e. The highest BCUT2D eigenvalue weighted by Crippen LogP contribution is 2.25. The minimum absolute atomic E-state index is 0.174. The van der Waals surface area contributed by atoms with Crippen LogP contribution in [0.5, 0.6) is 0 Å². The Balaban J connectivity index is 2.10.